The molecule has 0 unspecified atom stereocenters. The third kappa shape index (κ3) is 0.367. The van der Waals surface area contributed by atoms with Crippen LogP contribution in [0.5, 0.6) is 17.2 Å². The molecule has 3 nitrogen and oxygen atoms in total. The fourth-order valence-electron chi connectivity index (χ4n) is 0.830. The SMILES string of the molecule is Nc1c2ccc(O)c1O2. The summed E-state index contributed by atoms with van der Waals surface area (Å²) in [5.41, 5.74) is 5.95. The highest BCUT2D eigenvalue weighted by Gasteiger charge is 2.22. The monoisotopic (exact) mass is 123 g/mol. The van der Waals surface area contributed by atoms with Crippen molar-refractivity contribution in [1.29, 1.82) is 0 Å². The molecule has 0 spiro atoms. The lowest BCUT2D eigenvalue weighted by Gasteiger charge is -2.20. The van der Waals surface area contributed by atoms with Crippen molar-refractivity contribution in [2.75, 3.05) is 5.73 Å². The summed E-state index contributed by atoms with van der Waals surface area (Å²) in [7, 11) is 0. The van der Waals surface area contributed by atoms with Gasteiger partial charge in [0.05, 0.1) is 0 Å². The number of nitrogens with two attached hydrogens (primary N) is 1. The number of phenols is 1. The zero-order valence-corrected chi connectivity index (χ0v) is 4.59. The smallest absolute Gasteiger partial charge is 0.195 e. The molecule has 9 heavy (non-hydrogen) atoms. The Morgan fingerprint density at radius 2 is 2.22 bits per heavy atom. The van der Waals surface area contributed by atoms with Crippen LogP contribution in [0, 0.1) is 0 Å². The summed E-state index contributed by atoms with van der Waals surface area (Å²) >= 11 is 0. The molecule has 3 N–H and O–H groups in total. The molecule has 2 aliphatic heterocycles. The molecule has 46 valence electrons. The number of rotatable bonds is 0. The number of nitrogen functional groups attached to an aromatic ring is 1. The predicted octanol–water partition coefficient (Wildman–Crippen LogP) is 1.08. The van der Waals surface area contributed by atoms with Crippen LogP contribution in [-0.4, -0.2) is 5.11 Å². The molecule has 2 heterocycles. The number of ether oxygens (including phenoxy) is 1. The van der Waals surface area contributed by atoms with Crippen LogP contribution in [0.15, 0.2) is 12.1 Å². The zero-order valence-electron chi connectivity index (χ0n) is 4.59. The molecule has 0 fully saturated rings. The second-order valence-corrected chi connectivity index (χ2v) is 1.93. The molecule has 0 aromatic heterocycles. The van der Waals surface area contributed by atoms with Gasteiger partial charge in [-0.2, -0.15) is 0 Å². The normalized spacial score (nSPS) is 12.0. The number of benzene rings is 1. The Labute approximate surface area is 51.7 Å². The van der Waals surface area contributed by atoms with Crippen molar-refractivity contribution in [3.05, 3.63) is 12.1 Å². The summed E-state index contributed by atoms with van der Waals surface area (Å²) in [6.07, 6.45) is 0. The minimum absolute atomic E-state index is 0.113. The van der Waals surface area contributed by atoms with E-state index < -0.39 is 0 Å². The molecule has 3 rings (SSSR count). The summed E-state index contributed by atoms with van der Waals surface area (Å²) in [5, 5.41) is 8.94. The maximum atomic E-state index is 8.94. The van der Waals surface area contributed by atoms with Crippen LogP contribution in [-0.2, 0) is 0 Å². The predicted molar refractivity (Wildman–Crippen MR) is 32.6 cm³/mol. The molecular formula is C6H5NO2. The van der Waals surface area contributed by atoms with Gasteiger partial charge in [0, 0.05) is 0 Å². The quantitative estimate of drug-likeness (QED) is 0.515. The van der Waals surface area contributed by atoms with E-state index >= 15 is 0 Å². The molecule has 3 heteroatoms. The number of hydrogen-bond donors (Lipinski definition) is 2. The number of anilines is 1. The highest BCUT2D eigenvalue weighted by molar-refractivity contribution is 5.76. The largest absolute Gasteiger partial charge is 0.504 e. The van der Waals surface area contributed by atoms with Crippen LogP contribution in [0.4, 0.5) is 5.69 Å². The first-order valence-corrected chi connectivity index (χ1v) is 2.58. The second kappa shape index (κ2) is 1.13. The number of hydrogen-bond acceptors (Lipinski definition) is 3. The average molecular weight is 123 g/mol. The Balaban J connectivity index is 2.74. The lowest BCUT2D eigenvalue weighted by Crippen LogP contribution is -2.03. The average Bonchev–Trinajstić information content (AvgIpc) is 1.86. The van der Waals surface area contributed by atoms with Crippen molar-refractivity contribution >= 4 is 5.69 Å². The van der Waals surface area contributed by atoms with Crippen molar-refractivity contribution in [3.8, 4) is 17.2 Å². The third-order valence-electron chi connectivity index (χ3n) is 1.35. The highest BCUT2D eigenvalue weighted by atomic mass is 16.5. The summed E-state index contributed by atoms with van der Waals surface area (Å²) in [4.78, 5) is 0. The summed E-state index contributed by atoms with van der Waals surface area (Å²) in [6.45, 7) is 0. The summed E-state index contributed by atoms with van der Waals surface area (Å²) in [5.74, 6) is 1.18. The van der Waals surface area contributed by atoms with E-state index in [1.54, 1.807) is 12.1 Å². The van der Waals surface area contributed by atoms with Crippen molar-refractivity contribution in [2.45, 2.75) is 0 Å². The molecule has 2 bridgehead atoms. The van der Waals surface area contributed by atoms with Crippen molar-refractivity contribution in [2.24, 2.45) is 0 Å². The fourth-order valence-corrected chi connectivity index (χ4v) is 0.830. The summed E-state index contributed by atoms with van der Waals surface area (Å²) in [6, 6.07) is 3.20. The lowest BCUT2D eigenvalue weighted by molar-refractivity contribution is 0.385. The molecule has 0 aliphatic carbocycles. The number of fused-ring (bicyclic) bond motifs is 2. The van der Waals surface area contributed by atoms with Gasteiger partial charge in [-0.15, -0.1) is 0 Å². The number of aromatic hydroxyl groups is 1. The standard InChI is InChI=1S/C6H5NO2/c7-5-4-2-1-3(8)6(5)9-4/h1-2,8H,7H2. The van der Waals surface area contributed by atoms with Crippen LogP contribution in [0.2, 0.25) is 0 Å². The van der Waals surface area contributed by atoms with E-state index in [-0.39, 0.29) is 5.75 Å². The van der Waals surface area contributed by atoms with Gasteiger partial charge < -0.3 is 15.6 Å². The Kier molecular flexibility index (Phi) is 0.563. The molecule has 0 saturated heterocycles. The second-order valence-electron chi connectivity index (χ2n) is 1.93. The van der Waals surface area contributed by atoms with Gasteiger partial charge in [-0.1, -0.05) is 0 Å². The van der Waals surface area contributed by atoms with Crippen molar-refractivity contribution in [1.82, 2.24) is 0 Å². The Bertz CT molecular complexity index is 263. The van der Waals surface area contributed by atoms with E-state index in [2.05, 4.69) is 0 Å². The van der Waals surface area contributed by atoms with E-state index in [1.165, 1.54) is 0 Å². The van der Waals surface area contributed by atoms with Crippen LogP contribution >= 0.6 is 0 Å². The van der Waals surface area contributed by atoms with Gasteiger partial charge in [-0.05, 0) is 12.1 Å². The van der Waals surface area contributed by atoms with Gasteiger partial charge in [-0.25, -0.2) is 0 Å². The first-order chi connectivity index (χ1) is 4.29. The molecule has 0 radical (unpaired) electrons. The van der Waals surface area contributed by atoms with E-state index in [4.69, 9.17) is 15.6 Å². The van der Waals surface area contributed by atoms with E-state index in [9.17, 15) is 0 Å². The van der Waals surface area contributed by atoms with Gasteiger partial charge in [-0.3, -0.25) is 0 Å². The first-order valence-electron chi connectivity index (χ1n) is 2.58. The van der Waals surface area contributed by atoms with E-state index in [0.717, 1.165) is 0 Å². The third-order valence-corrected chi connectivity index (χ3v) is 1.35. The molecule has 0 saturated carbocycles. The highest BCUT2D eigenvalue weighted by Crippen LogP contribution is 2.50. The molecular weight excluding hydrogens is 118 g/mol. The number of phenolic OH excluding ortho intramolecular Hbond substituents is 1. The van der Waals surface area contributed by atoms with E-state index in [1.807, 2.05) is 0 Å². The molecule has 0 amide bonds. The molecule has 0 atom stereocenters. The van der Waals surface area contributed by atoms with Gasteiger partial charge in [0.15, 0.2) is 17.2 Å². The fraction of sp³-hybridized carbons (Fsp3) is 0. The minimum atomic E-state index is 0.113. The minimum Gasteiger partial charge on any atom is -0.504 e. The molecule has 2 aliphatic rings. The van der Waals surface area contributed by atoms with Gasteiger partial charge in [0.25, 0.3) is 0 Å². The van der Waals surface area contributed by atoms with Crippen LogP contribution in [0.1, 0.15) is 0 Å². The van der Waals surface area contributed by atoms with Crippen LogP contribution in [0.3, 0.4) is 0 Å². The first kappa shape index (κ1) is 4.49. The van der Waals surface area contributed by atoms with Crippen molar-refractivity contribution < 1.29 is 9.84 Å². The zero-order chi connectivity index (χ0) is 6.43. The maximum absolute atomic E-state index is 8.94. The molecule has 1 aromatic carbocycles. The maximum Gasteiger partial charge on any atom is 0.195 e. The van der Waals surface area contributed by atoms with Gasteiger partial charge >= 0.3 is 0 Å². The van der Waals surface area contributed by atoms with Crippen LogP contribution < -0.4 is 10.5 Å². The molecule has 1 aromatic rings. The van der Waals surface area contributed by atoms with Crippen LogP contribution in [0.25, 0.3) is 0 Å². The van der Waals surface area contributed by atoms with E-state index in [0.29, 0.717) is 17.2 Å². The van der Waals surface area contributed by atoms with Gasteiger partial charge in [0.2, 0.25) is 0 Å². The Hall–Kier alpha value is -1.38. The summed E-state index contributed by atoms with van der Waals surface area (Å²) < 4.78 is 4.90. The van der Waals surface area contributed by atoms with Crippen molar-refractivity contribution in [3.63, 3.8) is 0 Å². The Morgan fingerprint density at radius 3 is 2.56 bits per heavy atom. The Morgan fingerprint density at radius 1 is 1.44 bits per heavy atom. The topological polar surface area (TPSA) is 55.5 Å². The lowest BCUT2D eigenvalue weighted by atomic mass is 10.2. The van der Waals surface area contributed by atoms with Gasteiger partial charge in [0.1, 0.15) is 5.69 Å².